The number of halogens is 4. The standard InChI is InChI=1S/C24H30F4O3/c1-14(2)18-11-19(15(3)4)22(31-13-24(27,28)23(25)26)20(12-18)17(6)9-7-8-16(5)10-21(29)30/h7-12,14-15,23H,13H2,1-6H3,(H,29,30)/b8-7+,16-10+,17-9-. The molecule has 1 rings (SSSR count). The number of aliphatic carboxylic acids is 1. The zero-order valence-electron chi connectivity index (χ0n) is 18.7. The van der Waals surface area contributed by atoms with Crippen LogP contribution in [0.15, 0.2) is 42.0 Å². The van der Waals surface area contributed by atoms with Gasteiger partial charge in [0.1, 0.15) is 5.75 Å². The molecular formula is C24H30F4O3. The van der Waals surface area contributed by atoms with Gasteiger partial charge in [-0.15, -0.1) is 0 Å². The Kier molecular flexibility index (Phi) is 9.53. The number of benzene rings is 1. The fourth-order valence-corrected chi connectivity index (χ4v) is 2.80. The maximum atomic E-state index is 13.5. The van der Waals surface area contributed by atoms with Crippen LogP contribution in [-0.2, 0) is 4.79 Å². The first-order valence-corrected chi connectivity index (χ1v) is 9.99. The number of allylic oxidation sites excluding steroid dienone is 5. The van der Waals surface area contributed by atoms with Crippen molar-refractivity contribution in [1.29, 1.82) is 0 Å². The van der Waals surface area contributed by atoms with Crippen molar-refractivity contribution in [2.45, 2.75) is 65.7 Å². The molecule has 0 aliphatic heterocycles. The predicted octanol–water partition coefficient (Wildman–Crippen LogP) is 7.20. The molecule has 0 aromatic heterocycles. The molecule has 172 valence electrons. The lowest BCUT2D eigenvalue weighted by atomic mass is 9.89. The largest absolute Gasteiger partial charge is 0.486 e. The van der Waals surface area contributed by atoms with Crippen LogP contribution >= 0.6 is 0 Å². The van der Waals surface area contributed by atoms with Crippen LogP contribution in [0.1, 0.15) is 70.1 Å². The van der Waals surface area contributed by atoms with Crippen LogP contribution in [0.4, 0.5) is 17.6 Å². The minimum Gasteiger partial charge on any atom is -0.486 e. The van der Waals surface area contributed by atoms with Crippen molar-refractivity contribution in [3.8, 4) is 5.75 Å². The summed E-state index contributed by atoms with van der Waals surface area (Å²) >= 11 is 0. The van der Waals surface area contributed by atoms with Crippen molar-refractivity contribution in [2.24, 2.45) is 0 Å². The molecule has 0 bridgehead atoms. The molecule has 0 saturated heterocycles. The van der Waals surface area contributed by atoms with E-state index in [4.69, 9.17) is 9.84 Å². The van der Waals surface area contributed by atoms with Gasteiger partial charge in [-0.3, -0.25) is 0 Å². The van der Waals surface area contributed by atoms with Crippen LogP contribution in [0, 0.1) is 0 Å². The smallest absolute Gasteiger partial charge is 0.340 e. The Balaban J connectivity index is 3.51. The second kappa shape index (κ2) is 11.2. The molecule has 0 fully saturated rings. The van der Waals surface area contributed by atoms with Crippen molar-refractivity contribution >= 4 is 11.5 Å². The first kappa shape index (κ1) is 26.5. The average Bonchev–Trinajstić information content (AvgIpc) is 2.64. The summed E-state index contributed by atoms with van der Waals surface area (Å²) in [7, 11) is 0. The van der Waals surface area contributed by atoms with Gasteiger partial charge in [0, 0.05) is 11.6 Å². The maximum absolute atomic E-state index is 13.5. The van der Waals surface area contributed by atoms with Crippen molar-refractivity contribution in [1.82, 2.24) is 0 Å². The van der Waals surface area contributed by atoms with Gasteiger partial charge in [-0.05, 0) is 54.0 Å². The molecule has 1 aromatic carbocycles. The molecule has 3 nitrogen and oxygen atoms in total. The van der Waals surface area contributed by atoms with Gasteiger partial charge in [0.2, 0.25) is 0 Å². The van der Waals surface area contributed by atoms with Crippen LogP contribution < -0.4 is 4.74 Å². The second-order valence-corrected chi connectivity index (χ2v) is 8.08. The molecule has 1 aromatic rings. The van der Waals surface area contributed by atoms with E-state index in [2.05, 4.69) is 0 Å². The molecule has 1 N–H and O–H groups in total. The Morgan fingerprint density at radius 3 is 2.23 bits per heavy atom. The lowest BCUT2D eigenvalue weighted by molar-refractivity contribution is -0.148. The van der Waals surface area contributed by atoms with Crippen LogP contribution in [-0.4, -0.2) is 30.0 Å². The molecule has 0 aliphatic carbocycles. The number of carboxylic acid groups (broad SMARTS) is 1. The summed E-state index contributed by atoms with van der Waals surface area (Å²) in [5.41, 5.74) is 3.34. The highest BCUT2D eigenvalue weighted by atomic mass is 19.3. The monoisotopic (exact) mass is 442 g/mol. The highest BCUT2D eigenvalue weighted by molar-refractivity contribution is 5.81. The molecule has 0 atom stereocenters. The van der Waals surface area contributed by atoms with Gasteiger partial charge in [0.25, 0.3) is 0 Å². The third-order valence-corrected chi connectivity index (χ3v) is 4.64. The average molecular weight is 442 g/mol. The summed E-state index contributed by atoms with van der Waals surface area (Å²) in [4.78, 5) is 10.7. The summed E-state index contributed by atoms with van der Waals surface area (Å²) in [6.07, 6.45) is 2.16. The highest BCUT2D eigenvalue weighted by Crippen LogP contribution is 2.38. The van der Waals surface area contributed by atoms with Crippen molar-refractivity contribution in [3.05, 3.63) is 58.7 Å². The van der Waals surface area contributed by atoms with Crippen LogP contribution in [0.5, 0.6) is 5.75 Å². The number of rotatable bonds is 10. The maximum Gasteiger partial charge on any atom is 0.340 e. The van der Waals surface area contributed by atoms with E-state index in [-0.39, 0.29) is 17.6 Å². The van der Waals surface area contributed by atoms with Crippen molar-refractivity contribution in [2.75, 3.05) is 6.61 Å². The summed E-state index contributed by atoms with van der Waals surface area (Å²) < 4.78 is 57.7. The van der Waals surface area contributed by atoms with E-state index in [1.165, 1.54) is 0 Å². The van der Waals surface area contributed by atoms with Crippen molar-refractivity contribution in [3.63, 3.8) is 0 Å². The molecule has 0 amide bonds. The minimum atomic E-state index is -4.27. The zero-order valence-corrected chi connectivity index (χ0v) is 18.7. The van der Waals surface area contributed by atoms with Crippen LogP contribution in [0.2, 0.25) is 0 Å². The van der Waals surface area contributed by atoms with Gasteiger partial charge in [-0.1, -0.05) is 52.0 Å². The Morgan fingerprint density at radius 1 is 1.13 bits per heavy atom. The van der Waals surface area contributed by atoms with E-state index in [0.29, 0.717) is 22.3 Å². The fourth-order valence-electron chi connectivity index (χ4n) is 2.80. The summed E-state index contributed by atoms with van der Waals surface area (Å²) in [5, 5.41) is 8.78. The molecular weight excluding hydrogens is 412 g/mol. The summed E-state index contributed by atoms with van der Waals surface area (Å²) in [5.74, 6) is -5.11. The van der Waals surface area contributed by atoms with E-state index in [9.17, 15) is 22.4 Å². The summed E-state index contributed by atoms with van der Waals surface area (Å²) in [6, 6.07) is 3.67. The molecule has 0 heterocycles. The van der Waals surface area contributed by atoms with E-state index >= 15 is 0 Å². The molecule has 0 unspecified atom stereocenters. The molecule has 0 saturated carbocycles. The van der Waals surface area contributed by atoms with Crippen molar-refractivity contribution < 1.29 is 32.2 Å². The number of hydrogen-bond acceptors (Lipinski definition) is 2. The second-order valence-electron chi connectivity index (χ2n) is 8.08. The number of carbonyl (C=O) groups is 1. The quantitative estimate of drug-likeness (QED) is 0.237. The summed E-state index contributed by atoms with van der Waals surface area (Å²) in [6.45, 7) is 9.69. The lowest BCUT2D eigenvalue weighted by Crippen LogP contribution is -2.34. The molecule has 7 heteroatoms. The van der Waals surface area contributed by atoms with Gasteiger partial charge >= 0.3 is 18.3 Å². The minimum absolute atomic E-state index is 0.0864. The van der Waals surface area contributed by atoms with E-state index in [1.807, 2.05) is 39.8 Å². The zero-order chi connectivity index (χ0) is 23.9. The van der Waals surface area contributed by atoms with E-state index in [0.717, 1.165) is 11.6 Å². The Hall–Kier alpha value is -2.57. The Bertz CT molecular complexity index is 866. The van der Waals surface area contributed by atoms with E-state index < -0.39 is 24.9 Å². The lowest BCUT2D eigenvalue weighted by Gasteiger charge is -2.23. The van der Waals surface area contributed by atoms with Crippen LogP contribution in [0.3, 0.4) is 0 Å². The van der Waals surface area contributed by atoms with Gasteiger partial charge in [0.05, 0.1) is 0 Å². The van der Waals surface area contributed by atoms with E-state index in [1.54, 1.807) is 32.1 Å². The molecule has 31 heavy (non-hydrogen) atoms. The predicted molar refractivity (Wildman–Crippen MR) is 115 cm³/mol. The van der Waals surface area contributed by atoms with Gasteiger partial charge in [-0.2, -0.15) is 8.78 Å². The topological polar surface area (TPSA) is 46.5 Å². The number of alkyl halides is 4. The number of carboxylic acids is 1. The Morgan fingerprint density at radius 2 is 1.74 bits per heavy atom. The molecule has 0 radical (unpaired) electrons. The Labute approximate surface area is 181 Å². The fraction of sp³-hybridized carbons (Fsp3) is 0.458. The highest BCUT2D eigenvalue weighted by Gasteiger charge is 2.42. The van der Waals surface area contributed by atoms with Gasteiger partial charge < -0.3 is 9.84 Å². The molecule has 0 aliphatic rings. The first-order chi connectivity index (χ1) is 14.3. The normalized spacial score (nSPS) is 13.7. The SMILES string of the molecule is C/C(=C/C=C/C(C)=C/C(=O)O)c1cc(C(C)C)cc(C(C)C)c1OCC(F)(F)C(F)F. The number of hydrogen-bond donors (Lipinski definition) is 1. The third kappa shape index (κ3) is 7.89. The van der Waals surface area contributed by atoms with Crippen LogP contribution in [0.25, 0.3) is 5.57 Å². The molecule has 0 spiro atoms. The third-order valence-electron chi connectivity index (χ3n) is 4.64. The van der Waals surface area contributed by atoms with Gasteiger partial charge in [-0.25, -0.2) is 13.6 Å². The van der Waals surface area contributed by atoms with Gasteiger partial charge in [0.15, 0.2) is 6.61 Å². The number of ether oxygens (including phenoxy) is 1. The first-order valence-electron chi connectivity index (χ1n) is 9.99.